The third kappa shape index (κ3) is 4.39. The predicted molar refractivity (Wildman–Crippen MR) is 109 cm³/mol. The van der Waals surface area contributed by atoms with Gasteiger partial charge in [0.15, 0.2) is 12.6 Å². The van der Waals surface area contributed by atoms with Crippen LogP contribution in [-0.2, 0) is 14.4 Å². The quantitative estimate of drug-likeness (QED) is 0.545. The summed E-state index contributed by atoms with van der Waals surface area (Å²) in [5, 5.41) is 2.90. The standard InChI is InChI=1S/C22H23FN4O3/c23-16-6-8-18(9-7-16)27-21(29)14-19(22(27)30)26-12-10-25(11-13-26)15-20(28)24-17-4-2-1-3-5-17/h1-9,19H,10-15H2,(H,24,28)/p+2/t19-/m0/s1. The summed E-state index contributed by atoms with van der Waals surface area (Å²) >= 11 is 0. The van der Waals surface area contributed by atoms with Gasteiger partial charge in [-0.25, -0.2) is 9.29 Å². The minimum atomic E-state index is -0.415. The van der Waals surface area contributed by atoms with Gasteiger partial charge in [-0.2, -0.15) is 0 Å². The molecule has 0 saturated carbocycles. The van der Waals surface area contributed by atoms with Gasteiger partial charge in [-0.1, -0.05) is 18.2 Å². The molecule has 2 aliphatic heterocycles. The number of halogens is 1. The van der Waals surface area contributed by atoms with Gasteiger partial charge in [-0.05, 0) is 36.4 Å². The molecule has 8 heteroatoms. The van der Waals surface area contributed by atoms with Crippen LogP contribution in [0.2, 0.25) is 0 Å². The van der Waals surface area contributed by atoms with Gasteiger partial charge in [0.25, 0.3) is 11.8 Å². The maximum atomic E-state index is 13.2. The summed E-state index contributed by atoms with van der Waals surface area (Å²) in [7, 11) is 0. The highest BCUT2D eigenvalue weighted by Crippen LogP contribution is 2.22. The minimum absolute atomic E-state index is 0.0331. The van der Waals surface area contributed by atoms with Crippen molar-refractivity contribution in [2.45, 2.75) is 12.5 Å². The van der Waals surface area contributed by atoms with E-state index in [1.807, 2.05) is 30.3 Å². The van der Waals surface area contributed by atoms with Crippen LogP contribution in [-0.4, -0.2) is 56.5 Å². The zero-order valence-corrected chi connectivity index (χ0v) is 16.6. The highest BCUT2D eigenvalue weighted by atomic mass is 19.1. The van der Waals surface area contributed by atoms with E-state index in [0.29, 0.717) is 12.2 Å². The zero-order chi connectivity index (χ0) is 21.1. The molecule has 2 aromatic rings. The maximum Gasteiger partial charge on any atom is 0.292 e. The average Bonchev–Trinajstić information content (AvgIpc) is 3.04. The van der Waals surface area contributed by atoms with Crippen molar-refractivity contribution in [1.29, 1.82) is 0 Å². The van der Waals surface area contributed by atoms with E-state index in [9.17, 15) is 18.8 Å². The predicted octanol–water partition coefficient (Wildman–Crippen LogP) is -1.12. The van der Waals surface area contributed by atoms with Crippen molar-refractivity contribution in [3.05, 3.63) is 60.4 Å². The first-order chi connectivity index (χ1) is 14.5. The third-order valence-corrected chi connectivity index (χ3v) is 5.79. The molecule has 3 N–H and O–H groups in total. The van der Waals surface area contributed by atoms with Crippen LogP contribution in [0.15, 0.2) is 54.6 Å². The Hall–Kier alpha value is -3.10. The molecule has 1 atom stereocenters. The molecule has 2 saturated heterocycles. The third-order valence-electron chi connectivity index (χ3n) is 5.79. The van der Waals surface area contributed by atoms with E-state index in [4.69, 9.17) is 0 Å². The Morgan fingerprint density at radius 2 is 1.67 bits per heavy atom. The molecule has 0 radical (unpaired) electrons. The Labute approximate surface area is 174 Å². The van der Waals surface area contributed by atoms with E-state index in [1.165, 1.54) is 34.1 Å². The summed E-state index contributed by atoms with van der Waals surface area (Å²) in [5.74, 6) is -0.919. The first-order valence-corrected chi connectivity index (χ1v) is 10.2. The summed E-state index contributed by atoms with van der Waals surface area (Å²) in [4.78, 5) is 41.0. The van der Waals surface area contributed by atoms with Crippen molar-refractivity contribution < 1.29 is 28.6 Å². The van der Waals surface area contributed by atoms with E-state index in [-0.39, 0.29) is 24.1 Å². The molecule has 4 rings (SSSR count). The van der Waals surface area contributed by atoms with Crippen LogP contribution in [0.25, 0.3) is 0 Å². The highest BCUT2D eigenvalue weighted by molar-refractivity contribution is 6.21. The fourth-order valence-corrected chi connectivity index (χ4v) is 4.22. The number of imide groups is 1. The smallest absolute Gasteiger partial charge is 0.292 e. The second-order valence-electron chi connectivity index (χ2n) is 7.80. The summed E-state index contributed by atoms with van der Waals surface area (Å²) in [5.41, 5.74) is 1.19. The van der Waals surface area contributed by atoms with Crippen molar-refractivity contribution in [2.75, 3.05) is 42.9 Å². The molecule has 2 heterocycles. The van der Waals surface area contributed by atoms with Crippen LogP contribution in [0.5, 0.6) is 0 Å². The summed E-state index contributed by atoms with van der Waals surface area (Å²) in [6.45, 7) is 3.32. The Kier molecular flexibility index (Phi) is 5.87. The summed E-state index contributed by atoms with van der Waals surface area (Å²) < 4.78 is 13.2. The second kappa shape index (κ2) is 8.73. The number of carbonyl (C=O) groups is 3. The number of benzene rings is 2. The number of carbonyl (C=O) groups excluding carboxylic acids is 3. The first-order valence-electron chi connectivity index (χ1n) is 10.2. The fraction of sp³-hybridized carbons (Fsp3) is 0.318. The molecule has 0 bridgehead atoms. The Morgan fingerprint density at radius 3 is 2.33 bits per heavy atom. The van der Waals surface area contributed by atoms with Crippen LogP contribution in [0.3, 0.4) is 0 Å². The van der Waals surface area contributed by atoms with Crippen LogP contribution < -0.4 is 20.0 Å². The van der Waals surface area contributed by atoms with Crippen molar-refractivity contribution in [1.82, 2.24) is 0 Å². The van der Waals surface area contributed by atoms with E-state index < -0.39 is 11.9 Å². The highest BCUT2D eigenvalue weighted by Gasteiger charge is 2.47. The first kappa shape index (κ1) is 20.2. The number of nitrogens with one attached hydrogen (secondary N) is 3. The molecule has 30 heavy (non-hydrogen) atoms. The van der Waals surface area contributed by atoms with E-state index in [1.54, 1.807) is 0 Å². The maximum absolute atomic E-state index is 13.2. The molecule has 0 spiro atoms. The number of quaternary nitrogens is 2. The van der Waals surface area contributed by atoms with E-state index >= 15 is 0 Å². The number of anilines is 2. The van der Waals surface area contributed by atoms with Crippen molar-refractivity contribution in [2.24, 2.45) is 0 Å². The zero-order valence-electron chi connectivity index (χ0n) is 16.6. The van der Waals surface area contributed by atoms with Gasteiger partial charge in [-0.3, -0.25) is 14.4 Å². The van der Waals surface area contributed by atoms with Crippen molar-refractivity contribution in [3.63, 3.8) is 0 Å². The van der Waals surface area contributed by atoms with Crippen LogP contribution in [0, 0.1) is 5.82 Å². The van der Waals surface area contributed by atoms with Crippen LogP contribution in [0.4, 0.5) is 15.8 Å². The number of hydrogen-bond acceptors (Lipinski definition) is 3. The molecular formula is C22H25FN4O3+2. The van der Waals surface area contributed by atoms with Crippen LogP contribution >= 0.6 is 0 Å². The summed E-state index contributed by atoms with van der Waals surface area (Å²) in [6.07, 6.45) is 0.162. The van der Waals surface area contributed by atoms with Gasteiger partial charge in [0.2, 0.25) is 5.91 Å². The van der Waals surface area contributed by atoms with E-state index in [0.717, 1.165) is 36.8 Å². The lowest BCUT2D eigenvalue weighted by atomic mass is 10.1. The minimum Gasteiger partial charge on any atom is -0.321 e. The molecule has 7 nitrogen and oxygen atoms in total. The largest absolute Gasteiger partial charge is 0.321 e. The van der Waals surface area contributed by atoms with Gasteiger partial charge in [0, 0.05) is 5.69 Å². The SMILES string of the molecule is O=C(C[NH+]1CC[NH+]([C@H]2CC(=O)N(c3ccc(F)cc3)C2=O)CC1)Nc1ccccc1. The topological polar surface area (TPSA) is 75.4 Å². The Morgan fingerprint density at radius 1 is 1.00 bits per heavy atom. The van der Waals surface area contributed by atoms with Crippen molar-refractivity contribution in [3.8, 4) is 0 Å². The van der Waals surface area contributed by atoms with E-state index in [2.05, 4.69) is 5.32 Å². The molecule has 2 fully saturated rings. The number of nitrogens with zero attached hydrogens (tertiary/aromatic N) is 1. The molecule has 3 amide bonds. The normalized spacial score (nSPS) is 24.2. The van der Waals surface area contributed by atoms with Gasteiger partial charge < -0.3 is 15.1 Å². The van der Waals surface area contributed by atoms with Crippen molar-refractivity contribution >= 4 is 29.1 Å². The molecule has 2 aromatic carbocycles. The molecule has 2 aliphatic rings. The van der Waals surface area contributed by atoms with Gasteiger partial charge in [0.1, 0.15) is 32.0 Å². The lowest BCUT2D eigenvalue weighted by molar-refractivity contribution is -1.02. The monoisotopic (exact) mass is 412 g/mol. The van der Waals surface area contributed by atoms with Crippen LogP contribution in [0.1, 0.15) is 6.42 Å². The van der Waals surface area contributed by atoms with Gasteiger partial charge in [0.05, 0.1) is 12.1 Å². The number of hydrogen-bond donors (Lipinski definition) is 3. The Bertz CT molecular complexity index is 927. The summed E-state index contributed by atoms with van der Waals surface area (Å²) in [6, 6.07) is 14.3. The molecular weight excluding hydrogens is 387 g/mol. The lowest BCUT2D eigenvalue weighted by Crippen LogP contribution is -3.30. The second-order valence-corrected chi connectivity index (χ2v) is 7.80. The average molecular weight is 412 g/mol. The van der Waals surface area contributed by atoms with Gasteiger partial charge in [-0.15, -0.1) is 0 Å². The number of rotatable bonds is 5. The Balaban J connectivity index is 1.31. The fourth-order valence-electron chi connectivity index (χ4n) is 4.22. The number of piperazine rings is 1. The molecule has 0 aliphatic carbocycles. The number of amides is 3. The lowest BCUT2D eigenvalue weighted by Gasteiger charge is -2.31. The molecule has 0 unspecified atom stereocenters. The molecule has 156 valence electrons. The molecule has 0 aromatic heterocycles. The van der Waals surface area contributed by atoms with Gasteiger partial charge >= 0.3 is 0 Å². The number of para-hydroxylation sites is 1.